The first-order chi connectivity index (χ1) is 17.2. The minimum Gasteiger partial charge on any atom is -0.497 e. The third kappa shape index (κ3) is 5.00. The molecule has 0 amide bonds. The Bertz CT molecular complexity index is 1240. The van der Waals surface area contributed by atoms with Crippen molar-refractivity contribution in [1.82, 2.24) is 19.8 Å². The number of para-hydroxylation sites is 1. The summed E-state index contributed by atoms with van der Waals surface area (Å²) in [6, 6.07) is 28.7. The second kappa shape index (κ2) is 10.6. The molecule has 0 unspecified atom stereocenters. The number of pyridine rings is 1. The summed E-state index contributed by atoms with van der Waals surface area (Å²) in [6.45, 7) is 1.69. The number of thiocarbonyl (C=S) groups is 1. The van der Waals surface area contributed by atoms with Crippen LogP contribution >= 0.6 is 12.2 Å². The number of hydrogen-bond donors (Lipinski definition) is 2. The van der Waals surface area contributed by atoms with Crippen molar-refractivity contribution in [3.63, 3.8) is 0 Å². The van der Waals surface area contributed by atoms with Gasteiger partial charge in [-0.2, -0.15) is 0 Å². The minimum absolute atomic E-state index is 0.00577. The molecule has 35 heavy (non-hydrogen) atoms. The molecule has 0 spiro atoms. The van der Waals surface area contributed by atoms with E-state index in [4.69, 9.17) is 17.0 Å². The van der Waals surface area contributed by atoms with E-state index in [1.165, 1.54) is 0 Å². The van der Waals surface area contributed by atoms with Crippen LogP contribution in [0.25, 0.3) is 5.69 Å². The molecule has 1 aliphatic rings. The summed E-state index contributed by atoms with van der Waals surface area (Å²) in [5, 5.41) is 7.82. The van der Waals surface area contributed by atoms with E-state index in [-0.39, 0.29) is 12.1 Å². The number of nitrogens with one attached hydrogen (secondary N) is 2. The Labute approximate surface area is 211 Å². The zero-order chi connectivity index (χ0) is 24.0. The fourth-order valence-electron chi connectivity index (χ4n) is 4.62. The molecule has 1 aliphatic heterocycles. The van der Waals surface area contributed by atoms with Gasteiger partial charge in [0, 0.05) is 42.6 Å². The van der Waals surface area contributed by atoms with Gasteiger partial charge >= 0.3 is 0 Å². The quantitative estimate of drug-likeness (QED) is 0.247. The highest BCUT2D eigenvalue weighted by Gasteiger charge is 2.40. The number of ether oxygens (including phenoxy) is 1. The molecule has 2 aromatic heterocycles. The van der Waals surface area contributed by atoms with Crippen molar-refractivity contribution in [2.75, 3.05) is 25.5 Å². The first kappa shape index (κ1) is 22.9. The van der Waals surface area contributed by atoms with Crippen LogP contribution in [-0.4, -0.2) is 39.8 Å². The van der Waals surface area contributed by atoms with Crippen LogP contribution < -0.4 is 15.4 Å². The molecule has 4 aromatic rings. The van der Waals surface area contributed by atoms with E-state index < -0.39 is 0 Å². The van der Waals surface area contributed by atoms with E-state index in [0.717, 1.165) is 53.1 Å². The molecule has 6 nitrogen and oxygen atoms in total. The molecule has 0 radical (unpaired) electrons. The average Bonchev–Trinajstić information content (AvgIpc) is 3.52. The summed E-state index contributed by atoms with van der Waals surface area (Å²) in [4.78, 5) is 6.97. The summed E-state index contributed by atoms with van der Waals surface area (Å²) < 4.78 is 7.58. The van der Waals surface area contributed by atoms with Gasteiger partial charge in [-0.05, 0) is 79.3 Å². The molecular weight excluding hydrogens is 454 g/mol. The fourth-order valence-corrected chi connectivity index (χ4v) is 4.95. The number of benzene rings is 2. The van der Waals surface area contributed by atoms with Crippen LogP contribution in [0, 0.1) is 0 Å². The van der Waals surface area contributed by atoms with Gasteiger partial charge in [-0.3, -0.25) is 4.98 Å². The summed E-state index contributed by atoms with van der Waals surface area (Å²) in [5.74, 6) is 0.838. The number of methoxy groups -OCH3 is 1. The van der Waals surface area contributed by atoms with Crippen LogP contribution in [0.5, 0.6) is 5.75 Å². The smallest absolute Gasteiger partial charge is 0.170 e. The van der Waals surface area contributed by atoms with E-state index >= 15 is 0 Å². The second-order valence-electron chi connectivity index (χ2n) is 8.47. The number of rotatable bonds is 9. The van der Waals surface area contributed by atoms with Crippen molar-refractivity contribution in [3.8, 4) is 11.4 Å². The standard InChI is InChI=1S/C28H29N5OS/c1-34-23-15-13-22(14-16-23)32-19-7-12-25(32)27-26(24-11-5-6-17-30-24)31-28(35)33(27)20-8-18-29-21-9-3-2-4-10-21/h2-7,9-17,19,26-27,29H,8,18,20H2,1H3,(H,31,35)/t26-,27+/m1/s1. The normalized spacial score (nSPS) is 17.3. The maximum absolute atomic E-state index is 5.85. The Morgan fingerprint density at radius 1 is 0.971 bits per heavy atom. The molecule has 0 aliphatic carbocycles. The summed E-state index contributed by atoms with van der Waals surface area (Å²) in [6.07, 6.45) is 4.89. The molecular formula is C28H29N5OS. The van der Waals surface area contributed by atoms with Gasteiger partial charge in [0.2, 0.25) is 0 Å². The highest BCUT2D eigenvalue weighted by molar-refractivity contribution is 7.80. The molecule has 2 aromatic carbocycles. The van der Waals surface area contributed by atoms with E-state index in [1.54, 1.807) is 7.11 Å². The summed E-state index contributed by atoms with van der Waals surface area (Å²) >= 11 is 5.85. The molecule has 178 valence electrons. The van der Waals surface area contributed by atoms with Gasteiger partial charge in [0.25, 0.3) is 0 Å². The number of aromatic nitrogens is 2. The van der Waals surface area contributed by atoms with Crippen molar-refractivity contribution in [3.05, 3.63) is 109 Å². The number of nitrogens with zero attached hydrogens (tertiary/aromatic N) is 3. The van der Waals surface area contributed by atoms with Gasteiger partial charge in [-0.25, -0.2) is 0 Å². The van der Waals surface area contributed by atoms with Crippen molar-refractivity contribution >= 4 is 23.0 Å². The Morgan fingerprint density at radius 2 is 1.77 bits per heavy atom. The molecule has 5 rings (SSSR count). The SMILES string of the molecule is COc1ccc(-n2cccc2[C@H]2[C@@H](c3ccccn3)NC(=S)N2CCCNc2ccccc2)cc1. The molecule has 1 fully saturated rings. The van der Waals surface area contributed by atoms with E-state index in [0.29, 0.717) is 0 Å². The number of hydrogen-bond acceptors (Lipinski definition) is 4. The van der Waals surface area contributed by atoms with E-state index in [1.807, 2.05) is 48.7 Å². The topological polar surface area (TPSA) is 54.4 Å². The van der Waals surface area contributed by atoms with Crippen molar-refractivity contribution in [2.24, 2.45) is 0 Å². The molecule has 1 saturated heterocycles. The molecule has 0 saturated carbocycles. The molecule has 2 N–H and O–H groups in total. The highest BCUT2D eigenvalue weighted by atomic mass is 32.1. The number of anilines is 1. The lowest BCUT2D eigenvalue weighted by Gasteiger charge is -2.29. The van der Waals surface area contributed by atoms with Gasteiger partial charge in [-0.15, -0.1) is 0 Å². The van der Waals surface area contributed by atoms with Gasteiger partial charge in [0.05, 0.1) is 24.9 Å². The third-order valence-electron chi connectivity index (χ3n) is 6.31. The van der Waals surface area contributed by atoms with E-state index in [2.05, 4.69) is 73.7 Å². The Balaban J connectivity index is 1.42. The van der Waals surface area contributed by atoms with Gasteiger partial charge < -0.3 is 24.8 Å². The largest absolute Gasteiger partial charge is 0.497 e. The minimum atomic E-state index is -0.0438. The molecule has 2 atom stereocenters. The van der Waals surface area contributed by atoms with Gasteiger partial charge in [0.15, 0.2) is 5.11 Å². The maximum Gasteiger partial charge on any atom is 0.170 e. The van der Waals surface area contributed by atoms with Crippen molar-refractivity contribution in [1.29, 1.82) is 0 Å². The van der Waals surface area contributed by atoms with Crippen LogP contribution in [0.3, 0.4) is 0 Å². The van der Waals surface area contributed by atoms with Gasteiger partial charge in [0.1, 0.15) is 5.75 Å². The molecule has 7 heteroatoms. The first-order valence-corrected chi connectivity index (χ1v) is 12.2. The highest BCUT2D eigenvalue weighted by Crippen LogP contribution is 2.39. The van der Waals surface area contributed by atoms with Crippen molar-refractivity contribution < 1.29 is 4.74 Å². The van der Waals surface area contributed by atoms with Crippen LogP contribution in [0.2, 0.25) is 0 Å². The lowest BCUT2D eigenvalue weighted by Crippen LogP contribution is -2.32. The van der Waals surface area contributed by atoms with Crippen molar-refractivity contribution in [2.45, 2.75) is 18.5 Å². The Kier molecular flexibility index (Phi) is 6.95. The lowest BCUT2D eigenvalue weighted by atomic mass is 10.0. The average molecular weight is 484 g/mol. The van der Waals surface area contributed by atoms with Gasteiger partial charge in [-0.1, -0.05) is 24.3 Å². The monoisotopic (exact) mass is 483 g/mol. The predicted molar refractivity (Wildman–Crippen MR) is 144 cm³/mol. The Morgan fingerprint density at radius 3 is 2.51 bits per heavy atom. The Hall–Kier alpha value is -3.84. The molecule has 0 bridgehead atoms. The zero-order valence-corrected chi connectivity index (χ0v) is 20.5. The summed E-state index contributed by atoms with van der Waals surface area (Å²) in [5.41, 5.74) is 4.35. The maximum atomic E-state index is 5.85. The van der Waals surface area contributed by atoms with E-state index in [9.17, 15) is 0 Å². The first-order valence-electron chi connectivity index (χ1n) is 11.8. The second-order valence-corrected chi connectivity index (χ2v) is 8.85. The summed E-state index contributed by atoms with van der Waals surface area (Å²) in [7, 11) is 1.68. The predicted octanol–water partition coefficient (Wildman–Crippen LogP) is 5.36. The third-order valence-corrected chi connectivity index (χ3v) is 6.66. The van der Waals surface area contributed by atoms with Crippen LogP contribution in [0.15, 0.2) is 97.3 Å². The van der Waals surface area contributed by atoms with Crippen LogP contribution in [0.4, 0.5) is 5.69 Å². The zero-order valence-electron chi connectivity index (χ0n) is 19.7. The van der Waals surface area contributed by atoms with Crippen LogP contribution in [-0.2, 0) is 0 Å². The molecule has 3 heterocycles. The van der Waals surface area contributed by atoms with Crippen LogP contribution in [0.1, 0.15) is 29.9 Å². The lowest BCUT2D eigenvalue weighted by molar-refractivity contribution is 0.307. The fraction of sp³-hybridized carbons (Fsp3) is 0.214.